The second-order valence-corrected chi connectivity index (χ2v) is 10.3. The van der Waals surface area contributed by atoms with E-state index in [2.05, 4.69) is 39.0 Å². The number of carbonyl (C=O) groups is 1. The van der Waals surface area contributed by atoms with Gasteiger partial charge in [-0.05, 0) is 46.2 Å². The van der Waals surface area contributed by atoms with Crippen LogP contribution in [0.15, 0.2) is 101 Å². The Morgan fingerprint density at radius 3 is 2.32 bits per heavy atom. The minimum Gasteiger partial charge on any atom is -0.488 e. The minimum atomic E-state index is -0.237. The van der Waals surface area contributed by atoms with E-state index in [4.69, 9.17) is 4.74 Å². The van der Waals surface area contributed by atoms with Crippen LogP contribution in [0.1, 0.15) is 16.7 Å². The summed E-state index contributed by atoms with van der Waals surface area (Å²) in [7, 11) is 0. The van der Waals surface area contributed by atoms with Gasteiger partial charge in [-0.2, -0.15) is 5.26 Å². The molecule has 5 rings (SSSR count). The zero-order valence-corrected chi connectivity index (χ0v) is 22.6. The van der Waals surface area contributed by atoms with Crippen molar-refractivity contribution in [1.82, 2.24) is 9.80 Å². The van der Waals surface area contributed by atoms with Crippen molar-refractivity contribution < 1.29 is 9.53 Å². The molecule has 4 aromatic rings. The number of nitriles is 1. The molecule has 38 heavy (non-hydrogen) atoms. The lowest BCUT2D eigenvalue weighted by Crippen LogP contribution is -2.48. The third-order valence-electron chi connectivity index (χ3n) is 6.79. The van der Waals surface area contributed by atoms with Gasteiger partial charge in [-0.15, -0.1) is 0 Å². The van der Waals surface area contributed by atoms with Gasteiger partial charge in [-0.3, -0.25) is 9.69 Å². The molecule has 0 atom stereocenters. The van der Waals surface area contributed by atoms with E-state index in [1.165, 1.54) is 5.56 Å². The quantitative estimate of drug-likeness (QED) is 0.191. The van der Waals surface area contributed by atoms with Gasteiger partial charge < -0.3 is 9.64 Å². The van der Waals surface area contributed by atoms with Crippen LogP contribution in [-0.2, 0) is 17.9 Å². The van der Waals surface area contributed by atoms with E-state index in [1.54, 1.807) is 11.0 Å². The third-order valence-corrected chi connectivity index (χ3v) is 7.31. The van der Waals surface area contributed by atoms with Crippen molar-refractivity contribution in [2.45, 2.75) is 13.2 Å². The summed E-state index contributed by atoms with van der Waals surface area (Å²) in [5.74, 6) is 0.401. The highest BCUT2D eigenvalue weighted by Crippen LogP contribution is 2.31. The van der Waals surface area contributed by atoms with Crippen LogP contribution in [0.4, 0.5) is 0 Å². The summed E-state index contributed by atoms with van der Waals surface area (Å²) < 4.78 is 7.22. The van der Waals surface area contributed by atoms with Gasteiger partial charge in [0.05, 0.1) is 0 Å². The fourth-order valence-electron chi connectivity index (χ4n) is 4.70. The molecule has 0 unspecified atom stereocenters. The van der Waals surface area contributed by atoms with Crippen LogP contribution < -0.4 is 4.74 Å². The predicted octanol–water partition coefficient (Wildman–Crippen LogP) is 6.43. The van der Waals surface area contributed by atoms with Crippen molar-refractivity contribution >= 4 is 38.7 Å². The highest BCUT2D eigenvalue weighted by molar-refractivity contribution is 9.10. The average Bonchev–Trinajstić information content (AvgIpc) is 2.96. The number of amides is 1. The van der Waals surface area contributed by atoms with Crippen LogP contribution in [0, 0.1) is 11.3 Å². The molecule has 1 fully saturated rings. The van der Waals surface area contributed by atoms with E-state index in [0.29, 0.717) is 25.4 Å². The van der Waals surface area contributed by atoms with Crippen LogP contribution in [0.3, 0.4) is 0 Å². The van der Waals surface area contributed by atoms with Crippen LogP contribution in [0.5, 0.6) is 5.75 Å². The first-order valence-corrected chi connectivity index (χ1v) is 13.5. The van der Waals surface area contributed by atoms with E-state index in [1.807, 2.05) is 78.9 Å². The number of nitrogens with zero attached hydrogens (tertiary/aromatic N) is 3. The van der Waals surface area contributed by atoms with Gasteiger partial charge in [0, 0.05) is 42.8 Å². The highest BCUT2D eigenvalue weighted by Gasteiger charge is 2.24. The van der Waals surface area contributed by atoms with Gasteiger partial charge in [-0.1, -0.05) is 88.7 Å². The molecule has 0 aromatic heterocycles. The second kappa shape index (κ2) is 12.1. The standard InChI is InChI=1S/C32H28BrN3O2/c33-28-13-10-25(11-14-28)23-38-31-15-12-26-8-4-5-9-29(26)30(31)20-27(21-34)32(37)36-18-16-35(17-19-36)22-24-6-2-1-3-7-24/h1-15,20H,16-19,22-23H2. The van der Waals surface area contributed by atoms with E-state index >= 15 is 0 Å². The number of halogens is 1. The Morgan fingerprint density at radius 1 is 0.868 bits per heavy atom. The summed E-state index contributed by atoms with van der Waals surface area (Å²) in [4.78, 5) is 17.6. The molecule has 1 aliphatic heterocycles. The van der Waals surface area contributed by atoms with Gasteiger partial charge in [0.2, 0.25) is 0 Å². The Balaban J connectivity index is 1.35. The lowest BCUT2D eigenvalue weighted by atomic mass is 10.0. The van der Waals surface area contributed by atoms with Crippen LogP contribution >= 0.6 is 15.9 Å². The Hall–Kier alpha value is -3.92. The number of hydrogen-bond acceptors (Lipinski definition) is 4. The smallest absolute Gasteiger partial charge is 0.264 e. The molecule has 1 heterocycles. The summed E-state index contributed by atoms with van der Waals surface area (Å²) in [6, 6.07) is 32.3. The summed E-state index contributed by atoms with van der Waals surface area (Å²) in [5.41, 5.74) is 3.15. The maximum absolute atomic E-state index is 13.4. The van der Waals surface area contributed by atoms with Gasteiger partial charge in [0.1, 0.15) is 24.0 Å². The number of piperazine rings is 1. The molecule has 0 radical (unpaired) electrons. The molecule has 1 aliphatic rings. The molecule has 0 aliphatic carbocycles. The number of fused-ring (bicyclic) bond motifs is 1. The summed E-state index contributed by atoms with van der Waals surface area (Å²) in [5, 5.41) is 12.0. The maximum atomic E-state index is 13.4. The second-order valence-electron chi connectivity index (χ2n) is 9.34. The molecule has 1 amide bonds. The molecule has 0 bridgehead atoms. The molecule has 0 saturated carbocycles. The van der Waals surface area contributed by atoms with E-state index < -0.39 is 0 Å². The summed E-state index contributed by atoms with van der Waals surface area (Å²) in [6.07, 6.45) is 1.69. The fourth-order valence-corrected chi connectivity index (χ4v) is 4.96. The van der Waals surface area contributed by atoms with Gasteiger partial charge >= 0.3 is 0 Å². The van der Waals surface area contributed by atoms with Crippen molar-refractivity contribution in [3.8, 4) is 11.8 Å². The van der Waals surface area contributed by atoms with E-state index in [-0.39, 0.29) is 11.5 Å². The molecule has 6 heteroatoms. The summed E-state index contributed by atoms with van der Waals surface area (Å²) in [6.45, 7) is 3.97. The molecule has 190 valence electrons. The zero-order chi connectivity index (χ0) is 26.3. The number of ether oxygens (including phenoxy) is 1. The topological polar surface area (TPSA) is 56.6 Å². The lowest BCUT2D eigenvalue weighted by Gasteiger charge is -2.34. The normalized spacial score (nSPS) is 14.3. The van der Waals surface area contributed by atoms with E-state index in [9.17, 15) is 10.1 Å². The number of carbonyl (C=O) groups excluding carboxylic acids is 1. The molecule has 1 saturated heterocycles. The summed E-state index contributed by atoms with van der Waals surface area (Å²) >= 11 is 3.46. The fraction of sp³-hybridized carbons (Fsp3) is 0.188. The Kier molecular flexibility index (Phi) is 8.18. The molecule has 4 aromatic carbocycles. The lowest BCUT2D eigenvalue weighted by molar-refractivity contribution is -0.128. The maximum Gasteiger partial charge on any atom is 0.264 e. The van der Waals surface area contributed by atoms with Crippen LogP contribution in [0.25, 0.3) is 16.8 Å². The van der Waals surface area contributed by atoms with Gasteiger partial charge in [0.15, 0.2) is 0 Å². The molecular formula is C32H28BrN3O2. The molecular weight excluding hydrogens is 538 g/mol. The molecule has 0 N–H and O–H groups in total. The van der Waals surface area contributed by atoms with Crippen molar-refractivity contribution in [2.24, 2.45) is 0 Å². The SMILES string of the molecule is N#CC(=Cc1c(OCc2ccc(Br)cc2)ccc2ccccc12)C(=O)N1CCN(Cc2ccccc2)CC1. The van der Waals surface area contributed by atoms with Crippen molar-refractivity contribution in [1.29, 1.82) is 5.26 Å². The van der Waals surface area contributed by atoms with Gasteiger partial charge in [-0.25, -0.2) is 0 Å². The number of hydrogen-bond donors (Lipinski definition) is 0. The first kappa shape index (κ1) is 25.7. The van der Waals surface area contributed by atoms with Gasteiger partial charge in [0.25, 0.3) is 5.91 Å². The largest absolute Gasteiger partial charge is 0.488 e. The zero-order valence-electron chi connectivity index (χ0n) is 21.0. The van der Waals surface area contributed by atoms with Crippen LogP contribution in [-0.4, -0.2) is 41.9 Å². The number of rotatable bonds is 7. The first-order valence-electron chi connectivity index (χ1n) is 12.7. The van der Waals surface area contributed by atoms with Crippen LogP contribution in [0.2, 0.25) is 0 Å². The Morgan fingerprint density at radius 2 is 1.58 bits per heavy atom. The minimum absolute atomic E-state index is 0.117. The highest BCUT2D eigenvalue weighted by atomic mass is 79.9. The van der Waals surface area contributed by atoms with Crippen molar-refractivity contribution in [3.05, 3.63) is 118 Å². The number of benzene rings is 4. The Bertz CT molecular complexity index is 1490. The Labute approximate surface area is 231 Å². The third kappa shape index (κ3) is 6.13. The van der Waals surface area contributed by atoms with E-state index in [0.717, 1.165) is 46.0 Å². The average molecular weight is 566 g/mol. The predicted molar refractivity (Wildman–Crippen MR) is 154 cm³/mol. The molecule has 5 nitrogen and oxygen atoms in total. The monoisotopic (exact) mass is 565 g/mol. The van der Waals surface area contributed by atoms with Crippen molar-refractivity contribution in [2.75, 3.05) is 26.2 Å². The molecule has 0 spiro atoms. The first-order chi connectivity index (χ1) is 18.6. The van der Waals surface area contributed by atoms with Crippen molar-refractivity contribution in [3.63, 3.8) is 0 Å².